The summed E-state index contributed by atoms with van der Waals surface area (Å²) in [5.41, 5.74) is 2.13. The summed E-state index contributed by atoms with van der Waals surface area (Å²) in [7, 11) is 0. The molecule has 1 N–H and O–H groups in total. The van der Waals surface area contributed by atoms with Crippen LogP contribution in [0.25, 0.3) is 21.3 Å². The first-order valence-electron chi connectivity index (χ1n) is 9.54. The first-order valence-corrected chi connectivity index (χ1v) is 12.2. The minimum Gasteiger partial charge on any atom is -0.324 e. The molecule has 9 heteroatoms. The van der Waals surface area contributed by atoms with E-state index < -0.39 is 0 Å². The fourth-order valence-electron chi connectivity index (χ4n) is 3.14. The number of hydrogen-bond acceptors (Lipinski definition) is 5. The Balaban J connectivity index is 1.62. The summed E-state index contributed by atoms with van der Waals surface area (Å²) in [6.07, 6.45) is 1.64. The molecule has 5 nitrogen and oxygen atoms in total. The van der Waals surface area contributed by atoms with Crippen molar-refractivity contribution in [3.63, 3.8) is 0 Å². The summed E-state index contributed by atoms with van der Waals surface area (Å²) in [4.78, 5) is 31.1. The van der Waals surface area contributed by atoms with E-state index in [1.807, 2.05) is 35.7 Å². The molecular weight excluding hydrogens is 485 g/mol. The van der Waals surface area contributed by atoms with Gasteiger partial charge in [0.15, 0.2) is 5.16 Å². The molecule has 0 fully saturated rings. The number of allylic oxidation sites excluding steroid dienone is 1. The van der Waals surface area contributed by atoms with Crippen LogP contribution in [0.15, 0.2) is 76.5 Å². The number of aromatic nitrogens is 2. The van der Waals surface area contributed by atoms with E-state index >= 15 is 0 Å². The second-order valence-electron chi connectivity index (χ2n) is 6.76. The van der Waals surface area contributed by atoms with Crippen molar-refractivity contribution in [1.29, 1.82) is 0 Å². The maximum atomic E-state index is 13.3. The lowest BCUT2D eigenvalue weighted by Gasteiger charge is -2.11. The zero-order valence-corrected chi connectivity index (χ0v) is 19.8. The van der Waals surface area contributed by atoms with E-state index in [-0.39, 0.29) is 17.2 Å². The molecule has 0 saturated carbocycles. The van der Waals surface area contributed by atoms with E-state index in [1.54, 1.807) is 28.8 Å². The van der Waals surface area contributed by atoms with Gasteiger partial charge in [0.2, 0.25) is 5.91 Å². The molecule has 2 heterocycles. The van der Waals surface area contributed by atoms with Gasteiger partial charge in [-0.3, -0.25) is 14.2 Å². The number of fused-ring (bicyclic) bond motifs is 1. The van der Waals surface area contributed by atoms with Crippen LogP contribution in [0.2, 0.25) is 10.0 Å². The first kappa shape index (κ1) is 22.6. The third kappa shape index (κ3) is 4.76. The monoisotopic (exact) mass is 501 g/mol. The summed E-state index contributed by atoms with van der Waals surface area (Å²) in [6, 6.07) is 14.6. The molecule has 0 aliphatic rings. The highest BCUT2D eigenvalue weighted by molar-refractivity contribution is 7.99. The molecule has 0 bridgehead atoms. The fourth-order valence-corrected chi connectivity index (χ4v) is 5.40. The smallest absolute Gasteiger partial charge is 0.263 e. The quantitative estimate of drug-likeness (QED) is 0.182. The largest absolute Gasteiger partial charge is 0.324 e. The normalized spacial score (nSPS) is 10.9. The molecule has 2 aromatic carbocycles. The summed E-state index contributed by atoms with van der Waals surface area (Å²) >= 11 is 14.6. The third-order valence-corrected chi connectivity index (χ3v) is 6.99. The van der Waals surface area contributed by atoms with Crippen molar-refractivity contribution in [2.75, 3.05) is 11.1 Å². The molecule has 4 rings (SSSR count). The zero-order chi connectivity index (χ0) is 22.7. The van der Waals surface area contributed by atoms with Crippen molar-refractivity contribution in [2.45, 2.75) is 11.7 Å². The van der Waals surface area contributed by atoms with Gasteiger partial charge in [-0.1, -0.05) is 71.4 Å². The Bertz CT molecular complexity index is 1370. The number of rotatable bonds is 7. The molecule has 0 unspecified atom stereocenters. The number of thioether (sulfide) groups is 1. The van der Waals surface area contributed by atoms with Crippen molar-refractivity contribution in [3.8, 4) is 11.1 Å². The van der Waals surface area contributed by atoms with Crippen molar-refractivity contribution < 1.29 is 4.79 Å². The number of hydrogen-bond donors (Lipinski definition) is 1. The fraction of sp³-hybridized carbons (Fsp3) is 0.0870. The second-order valence-corrected chi connectivity index (χ2v) is 9.40. The van der Waals surface area contributed by atoms with Crippen molar-refractivity contribution >= 4 is 68.1 Å². The van der Waals surface area contributed by atoms with E-state index in [1.165, 1.54) is 23.1 Å². The van der Waals surface area contributed by atoms with Gasteiger partial charge in [0, 0.05) is 22.5 Å². The second kappa shape index (κ2) is 9.92. The van der Waals surface area contributed by atoms with Crippen molar-refractivity contribution in [2.24, 2.45) is 0 Å². The third-order valence-electron chi connectivity index (χ3n) is 4.59. The van der Waals surface area contributed by atoms with Gasteiger partial charge in [0.1, 0.15) is 4.83 Å². The van der Waals surface area contributed by atoms with E-state index in [0.717, 1.165) is 11.1 Å². The lowest BCUT2D eigenvalue weighted by molar-refractivity contribution is -0.113. The molecule has 0 aliphatic heterocycles. The number of carbonyl (C=O) groups is 1. The van der Waals surface area contributed by atoms with Crippen LogP contribution < -0.4 is 10.9 Å². The topological polar surface area (TPSA) is 64.0 Å². The van der Waals surface area contributed by atoms with Crippen molar-refractivity contribution in [3.05, 3.63) is 87.0 Å². The van der Waals surface area contributed by atoms with Crippen LogP contribution in [-0.4, -0.2) is 21.2 Å². The Morgan fingerprint density at radius 1 is 1.22 bits per heavy atom. The Morgan fingerprint density at radius 3 is 2.72 bits per heavy atom. The van der Waals surface area contributed by atoms with Gasteiger partial charge in [-0.2, -0.15) is 0 Å². The van der Waals surface area contributed by atoms with Gasteiger partial charge >= 0.3 is 0 Å². The van der Waals surface area contributed by atoms with Gasteiger partial charge in [0.05, 0.1) is 21.8 Å². The van der Waals surface area contributed by atoms with Gasteiger partial charge in [-0.05, 0) is 23.8 Å². The number of carbonyl (C=O) groups excluding carboxylic acids is 1. The number of nitrogens with zero attached hydrogens (tertiary/aromatic N) is 2. The number of amides is 1. The number of thiophene rings is 1. The lowest BCUT2D eigenvalue weighted by Crippen LogP contribution is -2.23. The summed E-state index contributed by atoms with van der Waals surface area (Å²) in [5.74, 6) is -0.208. The van der Waals surface area contributed by atoms with E-state index in [9.17, 15) is 9.59 Å². The van der Waals surface area contributed by atoms with E-state index in [2.05, 4.69) is 16.9 Å². The van der Waals surface area contributed by atoms with Crippen LogP contribution in [0.4, 0.5) is 5.69 Å². The molecular formula is C23H17Cl2N3O2S2. The van der Waals surface area contributed by atoms with Gasteiger partial charge < -0.3 is 5.32 Å². The van der Waals surface area contributed by atoms with Crippen LogP contribution in [0.3, 0.4) is 0 Å². The molecule has 4 aromatic rings. The summed E-state index contributed by atoms with van der Waals surface area (Å²) in [6.45, 7) is 4.05. The number of halogens is 2. The standard InChI is InChI=1S/C23H17Cl2N3O2S2/c1-2-10-28-22(30)20-16(14-6-4-3-5-7-14)12-31-21(20)27-23(28)32-13-19(29)26-18-9-8-15(24)11-17(18)25/h2-9,11-12H,1,10,13H2,(H,26,29). The molecule has 0 radical (unpaired) electrons. The van der Waals surface area contributed by atoms with Crippen LogP contribution in [0.5, 0.6) is 0 Å². The predicted octanol–water partition coefficient (Wildman–Crippen LogP) is 6.35. The number of nitrogens with one attached hydrogen (secondary N) is 1. The Kier molecular flexibility index (Phi) is 7.01. The molecule has 0 aliphatic carbocycles. The minimum atomic E-state index is -0.269. The highest BCUT2D eigenvalue weighted by atomic mass is 35.5. The Morgan fingerprint density at radius 2 is 2.00 bits per heavy atom. The molecule has 32 heavy (non-hydrogen) atoms. The molecule has 2 aromatic heterocycles. The zero-order valence-electron chi connectivity index (χ0n) is 16.7. The average Bonchev–Trinajstić information content (AvgIpc) is 3.21. The molecule has 1 amide bonds. The van der Waals surface area contributed by atoms with E-state index in [0.29, 0.717) is 37.7 Å². The van der Waals surface area contributed by atoms with Gasteiger partial charge in [-0.25, -0.2) is 4.98 Å². The van der Waals surface area contributed by atoms with Crippen LogP contribution in [-0.2, 0) is 11.3 Å². The molecule has 0 atom stereocenters. The van der Waals surface area contributed by atoms with Crippen LogP contribution in [0.1, 0.15) is 0 Å². The Labute approximate surface area is 202 Å². The molecule has 0 spiro atoms. The van der Waals surface area contributed by atoms with Crippen LogP contribution in [0, 0.1) is 0 Å². The maximum Gasteiger partial charge on any atom is 0.263 e. The highest BCUT2D eigenvalue weighted by Crippen LogP contribution is 2.32. The molecule has 0 saturated heterocycles. The SMILES string of the molecule is C=CCn1c(SCC(=O)Nc2ccc(Cl)cc2Cl)nc2scc(-c3ccccc3)c2c1=O. The number of benzene rings is 2. The van der Waals surface area contributed by atoms with Crippen molar-refractivity contribution in [1.82, 2.24) is 9.55 Å². The first-order chi connectivity index (χ1) is 15.5. The minimum absolute atomic E-state index is 0.0605. The highest BCUT2D eigenvalue weighted by Gasteiger charge is 2.18. The predicted molar refractivity (Wildman–Crippen MR) is 135 cm³/mol. The van der Waals surface area contributed by atoms with E-state index in [4.69, 9.17) is 23.2 Å². The molecule has 162 valence electrons. The Hall–Kier alpha value is -2.58. The maximum absolute atomic E-state index is 13.3. The average molecular weight is 502 g/mol. The number of anilines is 1. The lowest BCUT2D eigenvalue weighted by atomic mass is 10.1. The summed E-state index contributed by atoms with van der Waals surface area (Å²) < 4.78 is 1.54. The van der Waals surface area contributed by atoms with Gasteiger partial charge in [-0.15, -0.1) is 17.9 Å². The van der Waals surface area contributed by atoms with Gasteiger partial charge in [0.25, 0.3) is 5.56 Å². The van der Waals surface area contributed by atoms with Crippen LogP contribution >= 0.6 is 46.3 Å². The summed E-state index contributed by atoms with van der Waals surface area (Å²) in [5, 5.41) is 6.57.